The Kier molecular flexibility index (Phi) is 5.90. The first kappa shape index (κ1) is 20.2. The Morgan fingerprint density at radius 1 is 1.00 bits per heavy atom. The Labute approximate surface area is 175 Å². The molecule has 30 heavy (non-hydrogen) atoms. The summed E-state index contributed by atoms with van der Waals surface area (Å²) in [5.41, 5.74) is 1.26. The molecule has 3 aromatic rings. The number of piperazine rings is 1. The van der Waals surface area contributed by atoms with E-state index in [0.29, 0.717) is 36.1 Å². The van der Waals surface area contributed by atoms with Crippen molar-refractivity contribution in [3.8, 4) is 0 Å². The normalized spacial score (nSPS) is 15.1. The largest absolute Gasteiger partial charge is 0.335 e. The van der Waals surface area contributed by atoms with E-state index in [0.717, 1.165) is 25.3 Å². The molecule has 1 aromatic carbocycles. The van der Waals surface area contributed by atoms with Crippen LogP contribution in [0.15, 0.2) is 53.5 Å². The van der Waals surface area contributed by atoms with Crippen molar-refractivity contribution in [1.29, 1.82) is 0 Å². The average Bonchev–Trinajstić information content (AvgIpc) is 2.76. The molecule has 1 fully saturated rings. The molecule has 0 atom stereocenters. The quantitative estimate of drug-likeness (QED) is 0.652. The van der Waals surface area contributed by atoms with Gasteiger partial charge in [-0.2, -0.15) is 5.10 Å². The highest BCUT2D eigenvalue weighted by Crippen LogP contribution is 2.17. The standard InChI is InChI=1S/C23H27N5O2/c1-17(2)15-28-22(29)20-9-4-3-8-19(20)21(25-28)23(30)27-13-11-26(12-14-27)16-18-7-5-6-10-24-18/h3-10,17H,11-16H2,1-2H3. The van der Waals surface area contributed by atoms with Crippen molar-refractivity contribution in [3.05, 3.63) is 70.4 Å². The first-order valence-corrected chi connectivity index (χ1v) is 10.4. The highest BCUT2D eigenvalue weighted by Gasteiger charge is 2.26. The van der Waals surface area contributed by atoms with Crippen LogP contribution < -0.4 is 5.56 Å². The topological polar surface area (TPSA) is 71.3 Å². The minimum Gasteiger partial charge on any atom is -0.335 e. The van der Waals surface area contributed by atoms with E-state index >= 15 is 0 Å². The summed E-state index contributed by atoms with van der Waals surface area (Å²) in [6, 6.07) is 13.2. The van der Waals surface area contributed by atoms with Crippen molar-refractivity contribution in [2.75, 3.05) is 26.2 Å². The van der Waals surface area contributed by atoms with Crippen molar-refractivity contribution in [3.63, 3.8) is 0 Å². The zero-order valence-electron chi connectivity index (χ0n) is 17.5. The third kappa shape index (κ3) is 4.26. The molecule has 156 valence electrons. The van der Waals surface area contributed by atoms with Gasteiger partial charge in [0.1, 0.15) is 0 Å². The van der Waals surface area contributed by atoms with Gasteiger partial charge in [-0.05, 0) is 24.1 Å². The molecule has 0 radical (unpaired) electrons. The van der Waals surface area contributed by atoms with Gasteiger partial charge in [0.25, 0.3) is 11.5 Å². The molecule has 0 spiro atoms. The van der Waals surface area contributed by atoms with Crippen molar-refractivity contribution >= 4 is 16.7 Å². The number of carbonyl (C=O) groups is 1. The van der Waals surface area contributed by atoms with Crippen LogP contribution in [0.4, 0.5) is 0 Å². The summed E-state index contributed by atoms with van der Waals surface area (Å²) in [4.78, 5) is 34.7. The van der Waals surface area contributed by atoms with E-state index in [-0.39, 0.29) is 17.4 Å². The summed E-state index contributed by atoms with van der Waals surface area (Å²) < 4.78 is 1.44. The predicted octanol–water partition coefficient (Wildman–Crippen LogP) is 2.41. The third-order valence-electron chi connectivity index (χ3n) is 5.38. The Morgan fingerprint density at radius 3 is 2.37 bits per heavy atom. The van der Waals surface area contributed by atoms with E-state index in [1.54, 1.807) is 12.3 Å². The van der Waals surface area contributed by atoms with Crippen LogP contribution in [0.5, 0.6) is 0 Å². The van der Waals surface area contributed by atoms with Crippen LogP contribution in [0, 0.1) is 5.92 Å². The van der Waals surface area contributed by atoms with E-state index in [4.69, 9.17) is 0 Å². The molecule has 0 unspecified atom stereocenters. The minimum absolute atomic E-state index is 0.110. The van der Waals surface area contributed by atoms with Crippen molar-refractivity contribution < 1.29 is 4.79 Å². The van der Waals surface area contributed by atoms with Gasteiger partial charge in [-0.25, -0.2) is 4.68 Å². The van der Waals surface area contributed by atoms with Gasteiger partial charge in [-0.15, -0.1) is 0 Å². The molecule has 7 heteroatoms. The molecule has 1 aliphatic rings. The maximum atomic E-state index is 13.3. The lowest BCUT2D eigenvalue weighted by Crippen LogP contribution is -2.48. The van der Waals surface area contributed by atoms with Crippen molar-refractivity contribution in [1.82, 2.24) is 24.6 Å². The fourth-order valence-electron chi connectivity index (χ4n) is 3.84. The molecule has 1 saturated heterocycles. The van der Waals surface area contributed by atoms with Gasteiger partial charge in [0.15, 0.2) is 5.69 Å². The van der Waals surface area contributed by atoms with Gasteiger partial charge >= 0.3 is 0 Å². The van der Waals surface area contributed by atoms with Crippen LogP contribution in [-0.2, 0) is 13.1 Å². The van der Waals surface area contributed by atoms with Gasteiger partial charge in [-0.1, -0.05) is 38.1 Å². The molecule has 2 aromatic heterocycles. The molecule has 1 amide bonds. The van der Waals surface area contributed by atoms with Gasteiger partial charge in [-0.3, -0.25) is 19.5 Å². The second-order valence-electron chi connectivity index (χ2n) is 8.16. The second kappa shape index (κ2) is 8.75. The van der Waals surface area contributed by atoms with Crippen LogP contribution in [0.2, 0.25) is 0 Å². The molecule has 0 N–H and O–H groups in total. The smallest absolute Gasteiger partial charge is 0.275 e. The molecule has 1 aliphatic heterocycles. The zero-order valence-corrected chi connectivity index (χ0v) is 17.5. The number of fused-ring (bicyclic) bond motifs is 1. The van der Waals surface area contributed by atoms with E-state index in [1.807, 2.05) is 55.1 Å². The fraction of sp³-hybridized carbons (Fsp3) is 0.391. The zero-order chi connectivity index (χ0) is 21.1. The maximum Gasteiger partial charge on any atom is 0.275 e. The third-order valence-corrected chi connectivity index (χ3v) is 5.38. The number of nitrogens with zero attached hydrogens (tertiary/aromatic N) is 5. The van der Waals surface area contributed by atoms with E-state index in [2.05, 4.69) is 15.0 Å². The molecule has 0 bridgehead atoms. The molecule has 7 nitrogen and oxygen atoms in total. The van der Waals surface area contributed by atoms with Gasteiger partial charge in [0.2, 0.25) is 0 Å². The monoisotopic (exact) mass is 405 g/mol. The number of benzene rings is 1. The number of amides is 1. The summed E-state index contributed by atoms with van der Waals surface area (Å²) in [5, 5.41) is 5.67. The number of hydrogen-bond acceptors (Lipinski definition) is 5. The molecular weight excluding hydrogens is 378 g/mol. The number of rotatable bonds is 5. The fourth-order valence-corrected chi connectivity index (χ4v) is 3.84. The summed E-state index contributed by atoms with van der Waals surface area (Å²) in [7, 11) is 0. The lowest BCUT2D eigenvalue weighted by atomic mass is 10.1. The van der Waals surface area contributed by atoms with Crippen molar-refractivity contribution in [2.24, 2.45) is 5.92 Å². The SMILES string of the molecule is CC(C)Cn1nc(C(=O)N2CCN(Cc3ccccn3)CC2)c2ccccc2c1=O. The molecule has 3 heterocycles. The van der Waals surface area contributed by atoms with Crippen molar-refractivity contribution in [2.45, 2.75) is 26.9 Å². The number of pyridine rings is 1. The van der Waals surface area contributed by atoms with Crippen LogP contribution >= 0.6 is 0 Å². The average molecular weight is 406 g/mol. The number of carbonyl (C=O) groups excluding carboxylic acids is 1. The Morgan fingerprint density at radius 2 is 1.70 bits per heavy atom. The Bertz CT molecular complexity index is 1090. The maximum absolute atomic E-state index is 13.3. The summed E-state index contributed by atoms with van der Waals surface area (Å²) in [5.74, 6) is 0.149. The van der Waals surface area contributed by atoms with E-state index in [9.17, 15) is 9.59 Å². The van der Waals surface area contributed by atoms with E-state index in [1.165, 1.54) is 4.68 Å². The summed E-state index contributed by atoms with van der Waals surface area (Å²) in [6.45, 7) is 8.16. The Balaban J connectivity index is 1.55. The molecule has 0 saturated carbocycles. The first-order valence-electron chi connectivity index (χ1n) is 10.4. The van der Waals surface area contributed by atoms with Crippen LogP contribution in [0.25, 0.3) is 10.8 Å². The molecule has 4 rings (SSSR count). The molecule has 0 aliphatic carbocycles. The summed E-state index contributed by atoms with van der Waals surface area (Å²) >= 11 is 0. The van der Waals surface area contributed by atoms with Gasteiger partial charge in [0.05, 0.1) is 11.1 Å². The lowest BCUT2D eigenvalue weighted by molar-refractivity contribution is 0.0620. The Hall–Kier alpha value is -3.06. The van der Waals surface area contributed by atoms with E-state index < -0.39 is 0 Å². The predicted molar refractivity (Wildman–Crippen MR) is 116 cm³/mol. The highest BCUT2D eigenvalue weighted by molar-refractivity contribution is 6.04. The van der Waals surface area contributed by atoms with Crippen LogP contribution in [0.3, 0.4) is 0 Å². The lowest BCUT2D eigenvalue weighted by Gasteiger charge is -2.34. The number of hydrogen-bond donors (Lipinski definition) is 0. The number of aromatic nitrogens is 3. The van der Waals surface area contributed by atoms with Gasteiger partial charge in [0, 0.05) is 50.9 Å². The first-order chi connectivity index (χ1) is 14.5. The van der Waals surface area contributed by atoms with Crippen LogP contribution in [0.1, 0.15) is 30.0 Å². The molecular formula is C23H27N5O2. The second-order valence-corrected chi connectivity index (χ2v) is 8.16. The van der Waals surface area contributed by atoms with Gasteiger partial charge < -0.3 is 4.90 Å². The highest BCUT2D eigenvalue weighted by atomic mass is 16.2. The summed E-state index contributed by atoms with van der Waals surface area (Å²) in [6.07, 6.45) is 1.80. The minimum atomic E-state index is -0.143. The van der Waals surface area contributed by atoms with Crippen LogP contribution in [-0.4, -0.2) is 56.7 Å².